The van der Waals surface area contributed by atoms with Crippen molar-refractivity contribution >= 4 is 17.5 Å². The van der Waals surface area contributed by atoms with Crippen LogP contribution < -0.4 is 15.0 Å². The first-order valence-electron chi connectivity index (χ1n) is 9.67. The number of hydrogen-bond donors (Lipinski definition) is 1. The van der Waals surface area contributed by atoms with Crippen molar-refractivity contribution in [2.75, 3.05) is 18.6 Å². The maximum Gasteiger partial charge on any atom is 0.242 e. The zero-order valence-electron chi connectivity index (χ0n) is 17.0. The fourth-order valence-corrected chi connectivity index (χ4v) is 3.61. The summed E-state index contributed by atoms with van der Waals surface area (Å²) in [6.07, 6.45) is 1.51. The Hall–Kier alpha value is -2.82. The van der Waals surface area contributed by atoms with E-state index < -0.39 is 5.41 Å². The summed E-state index contributed by atoms with van der Waals surface area (Å²) in [5.41, 5.74) is 2.04. The molecule has 2 aromatic rings. The number of ether oxygens (including phenoxy) is 1. The van der Waals surface area contributed by atoms with Gasteiger partial charge < -0.3 is 15.0 Å². The maximum absolute atomic E-state index is 13.2. The molecule has 0 radical (unpaired) electrons. The van der Waals surface area contributed by atoms with Gasteiger partial charge in [-0.2, -0.15) is 0 Å². The van der Waals surface area contributed by atoms with E-state index in [9.17, 15) is 9.59 Å². The zero-order valence-corrected chi connectivity index (χ0v) is 17.0. The van der Waals surface area contributed by atoms with Crippen LogP contribution in [0.3, 0.4) is 0 Å². The molecular weight excluding hydrogens is 352 g/mol. The van der Waals surface area contributed by atoms with Crippen LogP contribution in [0.1, 0.15) is 31.9 Å². The van der Waals surface area contributed by atoms with Gasteiger partial charge in [0.15, 0.2) is 0 Å². The van der Waals surface area contributed by atoms with E-state index >= 15 is 0 Å². The molecule has 28 heavy (non-hydrogen) atoms. The highest BCUT2D eigenvalue weighted by Crippen LogP contribution is 2.35. The van der Waals surface area contributed by atoms with Crippen LogP contribution in [0, 0.1) is 5.41 Å². The SMILES string of the molecule is COc1ccc(CCNC(=O)C(C)(C)C(=O)N2c3ccccc3CC2C)cc1. The van der Waals surface area contributed by atoms with Gasteiger partial charge in [-0.1, -0.05) is 30.3 Å². The Morgan fingerprint density at radius 2 is 1.82 bits per heavy atom. The Balaban J connectivity index is 1.63. The van der Waals surface area contributed by atoms with Crippen LogP contribution in [0.15, 0.2) is 48.5 Å². The number of hydrogen-bond acceptors (Lipinski definition) is 3. The molecule has 2 aromatic carbocycles. The fourth-order valence-electron chi connectivity index (χ4n) is 3.61. The number of carbonyl (C=O) groups excluding carboxylic acids is 2. The van der Waals surface area contributed by atoms with Crippen LogP contribution in [-0.4, -0.2) is 31.5 Å². The van der Waals surface area contributed by atoms with E-state index in [1.807, 2.05) is 55.5 Å². The lowest BCUT2D eigenvalue weighted by Gasteiger charge is -2.31. The minimum atomic E-state index is -1.13. The van der Waals surface area contributed by atoms with Crippen molar-refractivity contribution in [2.45, 2.75) is 39.7 Å². The van der Waals surface area contributed by atoms with E-state index in [4.69, 9.17) is 4.74 Å². The number of fused-ring (bicyclic) bond motifs is 1. The molecule has 1 heterocycles. The van der Waals surface area contributed by atoms with E-state index in [0.29, 0.717) is 13.0 Å². The van der Waals surface area contributed by atoms with Crippen LogP contribution in [0.4, 0.5) is 5.69 Å². The first kappa shape index (κ1) is 19.9. The molecule has 1 unspecified atom stereocenters. The number of carbonyl (C=O) groups is 2. The molecule has 1 N–H and O–H groups in total. The van der Waals surface area contributed by atoms with Crippen LogP contribution >= 0.6 is 0 Å². The third kappa shape index (κ3) is 3.88. The molecule has 5 heteroatoms. The normalized spacial score (nSPS) is 15.9. The topological polar surface area (TPSA) is 58.6 Å². The molecule has 0 aliphatic carbocycles. The molecule has 148 valence electrons. The molecule has 3 rings (SSSR count). The van der Waals surface area contributed by atoms with Crippen LogP contribution in [0.25, 0.3) is 0 Å². The number of nitrogens with one attached hydrogen (secondary N) is 1. The quantitative estimate of drug-likeness (QED) is 0.782. The van der Waals surface area contributed by atoms with Gasteiger partial charge in [0.2, 0.25) is 11.8 Å². The van der Waals surface area contributed by atoms with Crippen molar-refractivity contribution in [2.24, 2.45) is 5.41 Å². The van der Waals surface area contributed by atoms with E-state index in [2.05, 4.69) is 5.32 Å². The average Bonchev–Trinajstić information content (AvgIpc) is 3.03. The van der Waals surface area contributed by atoms with E-state index in [1.54, 1.807) is 25.9 Å². The summed E-state index contributed by atoms with van der Waals surface area (Å²) in [5, 5.41) is 2.93. The standard InChI is InChI=1S/C23H28N2O3/c1-16-15-18-7-5-6-8-20(18)25(16)22(27)23(2,3)21(26)24-14-13-17-9-11-19(28-4)12-10-17/h5-12,16H,13-15H2,1-4H3,(H,24,26). The lowest BCUT2D eigenvalue weighted by atomic mass is 9.89. The second kappa shape index (κ2) is 8.05. The number of benzene rings is 2. The van der Waals surface area contributed by atoms with Crippen LogP contribution in [0.5, 0.6) is 5.75 Å². The Morgan fingerprint density at radius 3 is 2.50 bits per heavy atom. The second-order valence-corrected chi connectivity index (χ2v) is 7.84. The van der Waals surface area contributed by atoms with Crippen molar-refractivity contribution in [1.82, 2.24) is 5.32 Å². The molecule has 2 amide bonds. The summed E-state index contributed by atoms with van der Waals surface area (Å²) in [5.74, 6) is 0.397. The first-order valence-corrected chi connectivity index (χ1v) is 9.67. The molecule has 1 aliphatic rings. The van der Waals surface area contributed by atoms with Crippen molar-refractivity contribution in [3.63, 3.8) is 0 Å². The number of anilines is 1. The number of nitrogens with zero attached hydrogens (tertiary/aromatic N) is 1. The monoisotopic (exact) mass is 380 g/mol. The van der Waals surface area contributed by atoms with Crippen LogP contribution in [0.2, 0.25) is 0 Å². The largest absolute Gasteiger partial charge is 0.497 e. The van der Waals surface area contributed by atoms with Crippen molar-refractivity contribution in [3.05, 3.63) is 59.7 Å². The third-order valence-corrected chi connectivity index (χ3v) is 5.39. The summed E-state index contributed by atoms with van der Waals surface area (Å²) in [6, 6.07) is 15.7. The Kier molecular flexibility index (Phi) is 5.73. The minimum Gasteiger partial charge on any atom is -0.497 e. The molecule has 1 aliphatic heterocycles. The number of rotatable bonds is 6. The Labute approximate surface area is 166 Å². The van der Waals surface area contributed by atoms with Gasteiger partial charge in [0.05, 0.1) is 7.11 Å². The summed E-state index contributed by atoms with van der Waals surface area (Å²) in [7, 11) is 1.63. The highest BCUT2D eigenvalue weighted by atomic mass is 16.5. The predicted octanol–water partition coefficient (Wildman–Crippen LogP) is 3.36. The molecule has 0 spiro atoms. The maximum atomic E-state index is 13.2. The van der Waals surface area contributed by atoms with Crippen molar-refractivity contribution in [3.8, 4) is 5.75 Å². The molecule has 1 atom stereocenters. The third-order valence-electron chi connectivity index (χ3n) is 5.39. The van der Waals surface area contributed by atoms with Crippen LogP contribution in [-0.2, 0) is 22.4 Å². The average molecular weight is 380 g/mol. The van der Waals surface area contributed by atoms with Gasteiger partial charge in [-0.15, -0.1) is 0 Å². The number of para-hydroxylation sites is 1. The molecule has 0 aromatic heterocycles. The Morgan fingerprint density at radius 1 is 1.14 bits per heavy atom. The lowest BCUT2D eigenvalue weighted by molar-refractivity contribution is -0.139. The fraction of sp³-hybridized carbons (Fsp3) is 0.391. The van der Waals surface area contributed by atoms with E-state index in [-0.39, 0.29) is 17.9 Å². The van der Waals surface area contributed by atoms with Gasteiger partial charge in [0.25, 0.3) is 0 Å². The summed E-state index contributed by atoms with van der Waals surface area (Å²) in [6.45, 7) is 5.90. The number of amides is 2. The number of methoxy groups -OCH3 is 1. The van der Waals surface area contributed by atoms with E-state index in [1.165, 1.54) is 0 Å². The first-order chi connectivity index (χ1) is 13.3. The second-order valence-electron chi connectivity index (χ2n) is 7.84. The smallest absolute Gasteiger partial charge is 0.242 e. The summed E-state index contributed by atoms with van der Waals surface area (Å²) in [4.78, 5) is 27.8. The lowest BCUT2D eigenvalue weighted by Crippen LogP contribution is -2.51. The molecule has 5 nitrogen and oxygen atoms in total. The minimum absolute atomic E-state index is 0.0521. The van der Waals surface area contributed by atoms with Gasteiger partial charge in [-0.05, 0) is 62.9 Å². The van der Waals surface area contributed by atoms with E-state index in [0.717, 1.165) is 29.0 Å². The highest BCUT2D eigenvalue weighted by Gasteiger charge is 2.43. The van der Waals surface area contributed by atoms with Crippen molar-refractivity contribution < 1.29 is 14.3 Å². The van der Waals surface area contributed by atoms with Gasteiger partial charge in [0.1, 0.15) is 11.2 Å². The molecule has 0 saturated heterocycles. The summed E-state index contributed by atoms with van der Waals surface area (Å²) < 4.78 is 5.15. The molecular formula is C23H28N2O3. The Bertz CT molecular complexity index is 858. The van der Waals surface area contributed by atoms with Gasteiger partial charge in [-0.25, -0.2) is 0 Å². The molecule has 0 fully saturated rings. The van der Waals surface area contributed by atoms with Gasteiger partial charge >= 0.3 is 0 Å². The summed E-state index contributed by atoms with van der Waals surface area (Å²) >= 11 is 0. The molecule has 0 bridgehead atoms. The van der Waals surface area contributed by atoms with Gasteiger partial charge in [-0.3, -0.25) is 9.59 Å². The zero-order chi connectivity index (χ0) is 20.3. The molecule has 0 saturated carbocycles. The predicted molar refractivity (Wildman–Crippen MR) is 111 cm³/mol. The van der Waals surface area contributed by atoms with Gasteiger partial charge in [0, 0.05) is 18.3 Å². The van der Waals surface area contributed by atoms with Crippen molar-refractivity contribution in [1.29, 1.82) is 0 Å². The highest BCUT2D eigenvalue weighted by molar-refractivity contribution is 6.12.